The molecule has 2 N–H and O–H groups in total. The molecule has 2 aromatic rings. The first kappa shape index (κ1) is 14.8. The van der Waals surface area contributed by atoms with Gasteiger partial charge in [0, 0.05) is 13.1 Å². The van der Waals surface area contributed by atoms with E-state index in [1.165, 1.54) is 15.2 Å². The van der Waals surface area contributed by atoms with Crippen molar-refractivity contribution >= 4 is 15.9 Å². The molecular weight excluding hydrogens is 306 g/mol. The molecule has 0 spiro atoms. The number of nitrogens with zero attached hydrogens (tertiary/aromatic N) is 3. The molecular formula is C13H17N5O3S. The Labute approximate surface area is 128 Å². The maximum absolute atomic E-state index is 12.3. The van der Waals surface area contributed by atoms with Crippen molar-refractivity contribution in [2.24, 2.45) is 0 Å². The molecule has 0 saturated carbocycles. The Kier molecular flexibility index (Phi) is 3.75. The largest absolute Gasteiger partial charge is 0.347 e. The van der Waals surface area contributed by atoms with Gasteiger partial charge in [-0.3, -0.25) is 4.72 Å². The second-order valence-electron chi connectivity index (χ2n) is 5.19. The van der Waals surface area contributed by atoms with Gasteiger partial charge in [-0.25, -0.2) is 14.5 Å². The molecule has 1 aliphatic rings. The number of aromatic amines is 1. The second-order valence-corrected chi connectivity index (χ2v) is 6.87. The molecule has 1 aromatic carbocycles. The van der Waals surface area contributed by atoms with E-state index < -0.39 is 10.2 Å². The molecule has 1 aromatic heterocycles. The lowest BCUT2D eigenvalue weighted by molar-refractivity contribution is 0.482. The number of hydrogen-bond donors (Lipinski definition) is 2. The van der Waals surface area contributed by atoms with Crippen LogP contribution in [0, 0.1) is 6.92 Å². The number of hydrogen-bond acceptors (Lipinski definition) is 4. The predicted molar refractivity (Wildman–Crippen MR) is 82.3 cm³/mol. The summed E-state index contributed by atoms with van der Waals surface area (Å²) in [6.45, 7) is 2.83. The van der Waals surface area contributed by atoms with Crippen molar-refractivity contribution in [2.45, 2.75) is 19.8 Å². The van der Waals surface area contributed by atoms with E-state index in [9.17, 15) is 13.2 Å². The summed E-state index contributed by atoms with van der Waals surface area (Å²) in [5.41, 5.74) is 1.33. The molecule has 0 amide bonds. The summed E-state index contributed by atoms with van der Waals surface area (Å²) in [5.74, 6) is 0. The van der Waals surface area contributed by atoms with Gasteiger partial charge >= 0.3 is 15.9 Å². The Morgan fingerprint density at radius 3 is 2.64 bits per heavy atom. The summed E-state index contributed by atoms with van der Waals surface area (Å²) in [6, 6.07) is 5.11. The Hall–Kier alpha value is -2.13. The predicted octanol–water partition coefficient (Wildman–Crippen LogP) is 0.622. The first-order chi connectivity index (χ1) is 10.5. The molecule has 3 rings (SSSR count). The molecule has 8 nitrogen and oxygen atoms in total. The number of anilines is 1. The maximum Gasteiger partial charge on any atom is 0.347 e. The normalized spacial score (nSPS) is 16.0. The van der Waals surface area contributed by atoms with Crippen LogP contribution in [0.1, 0.15) is 18.4 Å². The molecule has 0 unspecified atom stereocenters. The number of aromatic nitrogens is 3. The van der Waals surface area contributed by atoms with Gasteiger partial charge in [0.25, 0.3) is 0 Å². The Morgan fingerprint density at radius 1 is 1.27 bits per heavy atom. The zero-order valence-corrected chi connectivity index (χ0v) is 12.9. The summed E-state index contributed by atoms with van der Waals surface area (Å²) in [7, 11) is -3.56. The van der Waals surface area contributed by atoms with Gasteiger partial charge in [-0.05, 0) is 37.5 Å². The van der Waals surface area contributed by atoms with Crippen molar-refractivity contribution in [3.63, 3.8) is 0 Å². The number of nitrogens with one attached hydrogen (secondary N) is 2. The summed E-state index contributed by atoms with van der Waals surface area (Å²) in [4.78, 5) is 11.7. The number of H-pyrrole nitrogens is 1. The van der Waals surface area contributed by atoms with Crippen LogP contribution >= 0.6 is 0 Å². The number of rotatable bonds is 4. The molecule has 1 aliphatic heterocycles. The first-order valence-corrected chi connectivity index (χ1v) is 8.43. The molecule has 2 heterocycles. The SMILES string of the molecule is Cc1c(NS(=O)(=O)N2CCCC2)cccc1-n1cn[nH]c1=O. The fourth-order valence-electron chi connectivity index (χ4n) is 2.55. The van der Waals surface area contributed by atoms with Gasteiger partial charge in [-0.15, -0.1) is 0 Å². The molecule has 1 fully saturated rings. The summed E-state index contributed by atoms with van der Waals surface area (Å²) in [6.07, 6.45) is 3.12. The lowest BCUT2D eigenvalue weighted by Gasteiger charge is -2.19. The van der Waals surface area contributed by atoms with E-state index >= 15 is 0 Å². The van der Waals surface area contributed by atoms with Crippen molar-refractivity contribution in [1.29, 1.82) is 0 Å². The van der Waals surface area contributed by atoms with Gasteiger partial charge in [0.1, 0.15) is 6.33 Å². The monoisotopic (exact) mass is 323 g/mol. The lowest BCUT2D eigenvalue weighted by Crippen LogP contribution is -2.33. The number of benzene rings is 1. The van der Waals surface area contributed by atoms with E-state index in [0.717, 1.165) is 12.8 Å². The molecule has 22 heavy (non-hydrogen) atoms. The third-order valence-corrected chi connectivity index (χ3v) is 5.28. The lowest BCUT2D eigenvalue weighted by atomic mass is 10.1. The summed E-state index contributed by atoms with van der Waals surface area (Å²) < 4.78 is 30.1. The van der Waals surface area contributed by atoms with Crippen LogP contribution in [0.4, 0.5) is 5.69 Å². The van der Waals surface area contributed by atoms with E-state index in [2.05, 4.69) is 14.9 Å². The average molecular weight is 323 g/mol. The Bertz CT molecular complexity index is 833. The average Bonchev–Trinajstić information content (AvgIpc) is 3.13. The fraction of sp³-hybridized carbons (Fsp3) is 0.385. The van der Waals surface area contributed by atoms with Crippen LogP contribution in [0.15, 0.2) is 29.3 Å². The van der Waals surface area contributed by atoms with Crippen LogP contribution in [-0.2, 0) is 10.2 Å². The molecule has 0 aliphatic carbocycles. The third kappa shape index (κ3) is 2.64. The van der Waals surface area contributed by atoms with Crippen molar-refractivity contribution in [3.05, 3.63) is 40.6 Å². The molecule has 1 saturated heterocycles. The van der Waals surface area contributed by atoms with Gasteiger partial charge < -0.3 is 0 Å². The van der Waals surface area contributed by atoms with Crippen LogP contribution in [0.3, 0.4) is 0 Å². The minimum absolute atomic E-state index is 0.373. The molecule has 0 radical (unpaired) electrons. The maximum atomic E-state index is 12.3. The van der Waals surface area contributed by atoms with Crippen molar-refractivity contribution in [1.82, 2.24) is 19.1 Å². The van der Waals surface area contributed by atoms with E-state index in [1.54, 1.807) is 25.1 Å². The van der Waals surface area contributed by atoms with Crippen molar-refractivity contribution in [3.8, 4) is 5.69 Å². The quantitative estimate of drug-likeness (QED) is 0.861. The van der Waals surface area contributed by atoms with Crippen LogP contribution in [0.25, 0.3) is 5.69 Å². The highest BCUT2D eigenvalue weighted by molar-refractivity contribution is 7.90. The highest BCUT2D eigenvalue weighted by atomic mass is 32.2. The van der Waals surface area contributed by atoms with E-state index in [-0.39, 0.29) is 5.69 Å². The smallest absolute Gasteiger partial charge is 0.271 e. The highest BCUT2D eigenvalue weighted by Gasteiger charge is 2.25. The van der Waals surface area contributed by atoms with Crippen LogP contribution in [0.2, 0.25) is 0 Å². The van der Waals surface area contributed by atoms with Crippen molar-refractivity contribution in [2.75, 3.05) is 17.8 Å². The second kappa shape index (κ2) is 5.58. The molecule has 9 heteroatoms. The van der Waals surface area contributed by atoms with Gasteiger partial charge in [-0.1, -0.05) is 6.07 Å². The van der Waals surface area contributed by atoms with E-state index in [4.69, 9.17) is 0 Å². The van der Waals surface area contributed by atoms with E-state index in [1.807, 2.05) is 0 Å². The van der Waals surface area contributed by atoms with Crippen molar-refractivity contribution < 1.29 is 8.42 Å². The van der Waals surface area contributed by atoms with Crippen LogP contribution in [-0.4, -0.2) is 40.6 Å². The van der Waals surface area contributed by atoms with E-state index in [0.29, 0.717) is 30.0 Å². The highest BCUT2D eigenvalue weighted by Crippen LogP contribution is 2.24. The summed E-state index contributed by atoms with van der Waals surface area (Å²) in [5, 5.41) is 6.00. The fourth-order valence-corrected chi connectivity index (χ4v) is 3.91. The first-order valence-electron chi connectivity index (χ1n) is 6.99. The standard InChI is InChI=1S/C13H17N5O3S/c1-10-11(16-22(20,21)17-7-2-3-8-17)5-4-6-12(10)18-9-14-15-13(18)19/h4-6,9,16H,2-3,7-8H2,1H3,(H,15,19). The summed E-state index contributed by atoms with van der Waals surface area (Å²) >= 11 is 0. The zero-order valence-electron chi connectivity index (χ0n) is 12.1. The topological polar surface area (TPSA) is 100 Å². The molecule has 0 bridgehead atoms. The minimum atomic E-state index is -3.56. The molecule has 118 valence electrons. The minimum Gasteiger partial charge on any atom is -0.271 e. The zero-order chi connectivity index (χ0) is 15.7. The Morgan fingerprint density at radius 2 is 2.00 bits per heavy atom. The van der Waals surface area contributed by atoms with Gasteiger partial charge in [0.15, 0.2) is 0 Å². The van der Waals surface area contributed by atoms with Gasteiger partial charge in [-0.2, -0.15) is 17.8 Å². The van der Waals surface area contributed by atoms with Crippen LogP contribution < -0.4 is 10.4 Å². The van der Waals surface area contributed by atoms with Crippen LogP contribution in [0.5, 0.6) is 0 Å². The Balaban J connectivity index is 1.96. The van der Waals surface area contributed by atoms with Gasteiger partial charge in [0.2, 0.25) is 0 Å². The third-order valence-electron chi connectivity index (χ3n) is 3.76. The molecule has 0 atom stereocenters. The van der Waals surface area contributed by atoms with Gasteiger partial charge in [0.05, 0.1) is 11.4 Å².